The van der Waals surface area contributed by atoms with E-state index >= 15 is 0 Å². The van der Waals surface area contributed by atoms with Gasteiger partial charge in [0.05, 0.1) is 14.2 Å². The van der Waals surface area contributed by atoms with Gasteiger partial charge in [0.2, 0.25) is 0 Å². The SMILES string of the molecule is COC(=O)C(=C/C=C/c1ccccc1N(Cc1ccccc1)Cc1ccccc1)C(=O)OC. The summed E-state index contributed by atoms with van der Waals surface area (Å²) in [5, 5.41) is 0. The van der Waals surface area contributed by atoms with Gasteiger partial charge in [-0.25, -0.2) is 9.59 Å². The van der Waals surface area contributed by atoms with Crippen LogP contribution in [0.15, 0.2) is 103 Å². The van der Waals surface area contributed by atoms with Crippen molar-refractivity contribution >= 4 is 23.7 Å². The number of ether oxygens (including phenoxy) is 2. The van der Waals surface area contributed by atoms with E-state index < -0.39 is 11.9 Å². The molecule has 0 fully saturated rings. The number of allylic oxidation sites excluding steroid dienone is 2. The molecule has 0 unspecified atom stereocenters. The van der Waals surface area contributed by atoms with Gasteiger partial charge in [-0.3, -0.25) is 0 Å². The molecule has 33 heavy (non-hydrogen) atoms. The number of anilines is 1. The molecule has 0 radical (unpaired) electrons. The fourth-order valence-corrected chi connectivity index (χ4v) is 3.44. The van der Waals surface area contributed by atoms with Crippen molar-refractivity contribution in [1.29, 1.82) is 0 Å². The molecule has 0 aliphatic rings. The van der Waals surface area contributed by atoms with E-state index in [1.54, 1.807) is 6.08 Å². The predicted molar refractivity (Wildman–Crippen MR) is 130 cm³/mol. The van der Waals surface area contributed by atoms with E-state index in [0.29, 0.717) is 0 Å². The maximum Gasteiger partial charge on any atom is 0.345 e. The maximum atomic E-state index is 11.9. The van der Waals surface area contributed by atoms with Crippen molar-refractivity contribution in [1.82, 2.24) is 0 Å². The second-order valence-corrected chi connectivity index (χ2v) is 7.31. The zero-order valence-corrected chi connectivity index (χ0v) is 18.8. The topological polar surface area (TPSA) is 55.8 Å². The van der Waals surface area contributed by atoms with Crippen molar-refractivity contribution in [3.63, 3.8) is 0 Å². The molecule has 168 valence electrons. The number of rotatable bonds is 9. The first kappa shape index (κ1) is 23.5. The third-order valence-electron chi connectivity index (χ3n) is 5.06. The van der Waals surface area contributed by atoms with Crippen molar-refractivity contribution in [2.24, 2.45) is 0 Å². The quantitative estimate of drug-likeness (QED) is 0.151. The Kier molecular flexibility index (Phi) is 8.60. The highest BCUT2D eigenvalue weighted by atomic mass is 16.5. The average molecular weight is 442 g/mol. The van der Waals surface area contributed by atoms with Gasteiger partial charge in [0, 0.05) is 18.8 Å². The molecule has 0 aliphatic heterocycles. The molecule has 0 N–H and O–H groups in total. The predicted octanol–water partition coefficient (Wildman–Crippen LogP) is 5.18. The lowest BCUT2D eigenvalue weighted by atomic mass is 10.1. The molecule has 0 aliphatic carbocycles. The molecule has 0 atom stereocenters. The van der Waals surface area contributed by atoms with Crippen LogP contribution in [0.1, 0.15) is 16.7 Å². The Bertz CT molecular complexity index is 1060. The average Bonchev–Trinajstić information content (AvgIpc) is 2.87. The van der Waals surface area contributed by atoms with Crippen LogP contribution in [0.2, 0.25) is 0 Å². The minimum Gasteiger partial charge on any atom is -0.465 e. The van der Waals surface area contributed by atoms with Gasteiger partial charge in [-0.2, -0.15) is 0 Å². The van der Waals surface area contributed by atoms with Crippen LogP contribution >= 0.6 is 0 Å². The smallest absolute Gasteiger partial charge is 0.345 e. The third-order valence-corrected chi connectivity index (χ3v) is 5.06. The van der Waals surface area contributed by atoms with Crippen LogP contribution < -0.4 is 4.90 Å². The number of hydrogen-bond donors (Lipinski definition) is 0. The Balaban J connectivity index is 1.95. The Morgan fingerprint density at radius 1 is 0.727 bits per heavy atom. The Hall–Kier alpha value is -4.12. The summed E-state index contributed by atoms with van der Waals surface area (Å²) >= 11 is 0. The van der Waals surface area contributed by atoms with Gasteiger partial charge in [-0.15, -0.1) is 0 Å². The van der Waals surface area contributed by atoms with Crippen molar-refractivity contribution in [2.75, 3.05) is 19.1 Å². The van der Waals surface area contributed by atoms with Crippen LogP contribution in [0.4, 0.5) is 5.69 Å². The lowest BCUT2D eigenvalue weighted by Crippen LogP contribution is -2.22. The molecule has 0 saturated heterocycles. The number of carbonyl (C=O) groups is 2. The zero-order valence-electron chi connectivity index (χ0n) is 18.8. The molecule has 0 aromatic heterocycles. The Morgan fingerprint density at radius 2 is 1.21 bits per heavy atom. The summed E-state index contributed by atoms with van der Waals surface area (Å²) in [7, 11) is 2.45. The number of hydrogen-bond acceptors (Lipinski definition) is 5. The summed E-state index contributed by atoms with van der Waals surface area (Å²) in [6.45, 7) is 1.46. The van der Waals surface area contributed by atoms with Gasteiger partial charge >= 0.3 is 11.9 Å². The second-order valence-electron chi connectivity index (χ2n) is 7.31. The molecule has 0 bridgehead atoms. The van der Waals surface area contributed by atoms with Gasteiger partial charge in [0.25, 0.3) is 0 Å². The van der Waals surface area contributed by atoms with E-state index in [-0.39, 0.29) is 5.57 Å². The molecule has 5 heteroatoms. The molecule has 0 saturated carbocycles. The number of carbonyl (C=O) groups excluding carboxylic acids is 2. The monoisotopic (exact) mass is 441 g/mol. The molecular formula is C28H27NO4. The lowest BCUT2D eigenvalue weighted by molar-refractivity contribution is -0.144. The lowest BCUT2D eigenvalue weighted by Gasteiger charge is -2.27. The molecular weight excluding hydrogens is 414 g/mol. The van der Waals surface area contributed by atoms with Crippen molar-refractivity contribution in [3.8, 4) is 0 Å². The Morgan fingerprint density at radius 3 is 1.73 bits per heavy atom. The number of nitrogens with zero attached hydrogens (tertiary/aromatic N) is 1. The fourth-order valence-electron chi connectivity index (χ4n) is 3.44. The van der Waals surface area contributed by atoms with E-state index in [0.717, 1.165) is 24.3 Å². The standard InChI is InChI=1S/C28H27NO4/c1-32-27(30)25(28(31)33-2)18-11-17-24-16-9-10-19-26(24)29(20-22-12-5-3-6-13-22)21-23-14-7-4-8-15-23/h3-19H,20-21H2,1-2H3/b17-11+. The largest absolute Gasteiger partial charge is 0.465 e. The van der Waals surface area contributed by atoms with Crippen molar-refractivity contribution in [3.05, 3.63) is 119 Å². The van der Waals surface area contributed by atoms with Gasteiger partial charge in [0.1, 0.15) is 5.57 Å². The van der Waals surface area contributed by atoms with Crippen molar-refractivity contribution < 1.29 is 19.1 Å². The summed E-state index contributed by atoms with van der Waals surface area (Å²) in [5.41, 5.74) is 4.22. The summed E-state index contributed by atoms with van der Waals surface area (Å²) in [6, 6.07) is 28.6. The van der Waals surface area contributed by atoms with Gasteiger partial charge in [-0.05, 0) is 28.8 Å². The minimum absolute atomic E-state index is 0.167. The van der Waals surface area contributed by atoms with Crippen LogP contribution in [-0.2, 0) is 32.2 Å². The number of benzene rings is 3. The molecule has 0 spiro atoms. The van der Waals surface area contributed by atoms with Crippen LogP contribution in [0, 0.1) is 0 Å². The molecule has 0 amide bonds. The molecule has 3 rings (SSSR count). The first-order chi connectivity index (χ1) is 16.1. The minimum atomic E-state index is -0.741. The van der Waals surface area contributed by atoms with Crippen molar-refractivity contribution in [2.45, 2.75) is 13.1 Å². The third kappa shape index (κ3) is 6.68. The maximum absolute atomic E-state index is 11.9. The molecule has 3 aromatic rings. The number of methoxy groups -OCH3 is 2. The van der Waals surface area contributed by atoms with Gasteiger partial charge in [0.15, 0.2) is 0 Å². The summed E-state index contributed by atoms with van der Waals surface area (Å²) in [5.74, 6) is -1.48. The van der Waals surface area contributed by atoms with E-state index in [1.807, 2.05) is 60.7 Å². The molecule has 3 aromatic carbocycles. The van der Waals surface area contributed by atoms with E-state index in [4.69, 9.17) is 0 Å². The normalized spacial score (nSPS) is 10.5. The van der Waals surface area contributed by atoms with E-state index in [1.165, 1.54) is 31.4 Å². The van der Waals surface area contributed by atoms with Crippen LogP contribution in [0.25, 0.3) is 6.08 Å². The second kappa shape index (κ2) is 12.1. The van der Waals surface area contributed by atoms with E-state index in [2.05, 4.69) is 44.7 Å². The van der Waals surface area contributed by atoms with Crippen LogP contribution in [0.3, 0.4) is 0 Å². The summed E-state index contributed by atoms with van der Waals surface area (Å²) in [4.78, 5) is 26.1. The summed E-state index contributed by atoms with van der Waals surface area (Å²) < 4.78 is 9.37. The fraction of sp³-hybridized carbons (Fsp3) is 0.143. The highest BCUT2D eigenvalue weighted by Crippen LogP contribution is 2.26. The zero-order chi connectivity index (χ0) is 23.5. The highest BCUT2D eigenvalue weighted by molar-refractivity contribution is 6.14. The molecule has 5 nitrogen and oxygen atoms in total. The van der Waals surface area contributed by atoms with Gasteiger partial charge in [-0.1, -0.05) is 91.0 Å². The van der Waals surface area contributed by atoms with Crippen LogP contribution in [-0.4, -0.2) is 26.2 Å². The number of para-hydroxylation sites is 1. The highest BCUT2D eigenvalue weighted by Gasteiger charge is 2.18. The number of esters is 2. The molecule has 0 heterocycles. The van der Waals surface area contributed by atoms with E-state index in [9.17, 15) is 9.59 Å². The van der Waals surface area contributed by atoms with Gasteiger partial charge < -0.3 is 14.4 Å². The first-order valence-electron chi connectivity index (χ1n) is 10.6. The summed E-state index contributed by atoms with van der Waals surface area (Å²) in [6.07, 6.45) is 4.93. The Labute approximate surface area is 194 Å². The van der Waals surface area contributed by atoms with Crippen LogP contribution in [0.5, 0.6) is 0 Å². The first-order valence-corrected chi connectivity index (χ1v) is 10.6.